The van der Waals surface area contributed by atoms with E-state index in [9.17, 15) is 0 Å². The Kier molecular flexibility index (Phi) is 5.19. The van der Waals surface area contributed by atoms with Gasteiger partial charge in [0.15, 0.2) is 0 Å². The summed E-state index contributed by atoms with van der Waals surface area (Å²) in [5.74, 6) is 1.01. The van der Waals surface area contributed by atoms with E-state index in [1.165, 1.54) is 16.3 Å². The van der Waals surface area contributed by atoms with Gasteiger partial charge in [-0.25, -0.2) is 0 Å². The molecule has 20 heavy (non-hydrogen) atoms. The van der Waals surface area contributed by atoms with E-state index in [-0.39, 0.29) is 6.04 Å². The van der Waals surface area contributed by atoms with E-state index in [0.29, 0.717) is 0 Å². The van der Waals surface area contributed by atoms with Crippen molar-refractivity contribution in [3.05, 3.63) is 54.6 Å². The first-order chi connectivity index (χ1) is 9.77. The zero-order valence-electron chi connectivity index (χ0n) is 12.4. The molecule has 2 rings (SSSR count). The lowest BCUT2D eigenvalue weighted by Gasteiger charge is -2.18. The minimum Gasteiger partial charge on any atom is -0.493 e. The van der Waals surface area contributed by atoms with Gasteiger partial charge in [-0.2, -0.15) is 0 Å². The largest absolute Gasteiger partial charge is 0.493 e. The molecule has 0 aliphatic rings. The maximum atomic E-state index is 6.09. The first-order valence-corrected chi connectivity index (χ1v) is 7.20. The summed E-state index contributed by atoms with van der Waals surface area (Å²) in [6.45, 7) is 6.63. The van der Waals surface area contributed by atoms with E-state index >= 15 is 0 Å². The number of hydrogen-bond donors (Lipinski definition) is 1. The molecule has 2 aromatic rings. The van der Waals surface area contributed by atoms with Crippen molar-refractivity contribution in [3.8, 4) is 5.75 Å². The molecule has 1 N–H and O–H groups in total. The molecule has 0 bridgehead atoms. The fourth-order valence-corrected chi connectivity index (χ4v) is 2.32. The van der Waals surface area contributed by atoms with Crippen LogP contribution in [0.5, 0.6) is 5.75 Å². The van der Waals surface area contributed by atoms with Crippen LogP contribution in [0.2, 0.25) is 0 Å². The van der Waals surface area contributed by atoms with Crippen LogP contribution in [0.1, 0.15) is 31.4 Å². The van der Waals surface area contributed by atoms with Gasteiger partial charge in [0.1, 0.15) is 5.75 Å². The number of nitrogens with one attached hydrogen (secondary N) is 1. The van der Waals surface area contributed by atoms with Crippen molar-refractivity contribution < 1.29 is 4.74 Å². The Morgan fingerprint density at radius 3 is 2.80 bits per heavy atom. The van der Waals surface area contributed by atoms with E-state index < -0.39 is 0 Å². The fraction of sp³-hybridized carbons (Fsp3) is 0.333. The molecule has 0 radical (unpaired) electrons. The molecule has 0 aliphatic carbocycles. The van der Waals surface area contributed by atoms with Gasteiger partial charge in [-0.1, -0.05) is 42.5 Å². The van der Waals surface area contributed by atoms with Gasteiger partial charge < -0.3 is 10.1 Å². The van der Waals surface area contributed by atoms with Crippen molar-refractivity contribution >= 4 is 10.8 Å². The Labute approximate surface area is 121 Å². The van der Waals surface area contributed by atoms with Crippen LogP contribution in [0.3, 0.4) is 0 Å². The molecule has 1 unspecified atom stereocenters. The van der Waals surface area contributed by atoms with E-state index in [4.69, 9.17) is 4.74 Å². The van der Waals surface area contributed by atoms with Crippen molar-refractivity contribution in [3.63, 3.8) is 0 Å². The van der Waals surface area contributed by atoms with Crippen molar-refractivity contribution in [2.45, 2.75) is 25.8 Å². The fourth-order valence-electron chi connectivity index (χ4n) is 2.32. The smallest absolute Gasteiger partial charge is 0.131 e. The molecule has 0 amide bonds. The summed E-state index contributed by atoms with van der Waals surface area (Å²) in [4.78, 5) is 0. The molecule has 2 heteroatoms. The number of allylic oxidation sites excluding steroid dienone is 1. The van der Waals surface area contributed by atoms with E-state index in [0.717, 1.165) is 25.2 Å². The SMILES string of the molecule is C=CCCCOc1c(C(C)NC)ccc2ccccc12. The third-order valence-electron chi connectivity index (χ3n) is 3.61. The predicted molar refractivity (Wildman–Crippen MR) is 86.3 cm³/mol. The molecule has 0 saturated heterocycles. The number of hydrogen-bond acceptors (Lipinski definition) is 2. The summed E-state index contributed by atoms with van der Waals surface area (Å²) in [7, 11) is 1.97. The minimum atomic E-state index is 0.272. The highest BCUT2D eigenvalue weighted by atomic mass is 16.5. The third-order valence-corrected chi connectivity index (χ3v) is 3.61. The Bertz CT molecular complexity index is 577. The van der Waals surface area contributed by atoms with Gasteiger partial charge in [-0.15, -0.1) is 6.58 Å². The summed E-state index contributed by atoms with van der Waals surface area (Å²) in [6, 6.07) is 13.0. The first kappa shape index (κ1) is 14.6. The lowest BCUT2D eigenvalue weighted by molar-refractivity contribution is 0.310. The molecule has 0 spiro atoms. The monoisotopic (exact) mass is 269 g/mol. The Morgan fingerprint density at radius 2 is 2.05 bits per heavy atom. The van der Waals surface area contributed by atoms with Gasteiger partial charge in [0.05, 0.1) is 6.61 Å². The number of rotatable bonds is 7. The summed E-state index contributed by atoms with van der Waals surface area (Å²) < 4.78 is 6.09. The van der Waals surface area contributed by atoms with Crippen LogP contribution in [-0.2, 0) is 0 Å². The normalized spacial score (nSPS) is 12.3. The van der Waals surface area contributed by atoms with Crippen molar-refractivity contribution in [1.82, 2.24) is 5.32 Å². The van der Waals surface area contributed by atoms with Crippen LogP contribution in [0.4, 0.5) is 0 Å². The van der Waals surface area contributed by atoms with Gasteiger partial charge >= 0.3 is 0 Å². The van der Waals surface area contributed by atoms with Gasteiger partial charge in [0, 0.05) is 17.0 Å². The lowest BCUT2D eigenvalue weighted by Crippen LogP contribution is -2.14. The molecule has 2 aromatic carbocycles. The third kappa shape index (κ3) is 3.20. The van der Waals surface area contributed by atoms with Crippen LogP contribution in [0, 0.1) is 0 Å². The Morgan fingerprint density at radius 1 is 1.25 bits per heavy atom. The van der Waals surface area contributed by atoms with Crippen molar-refractivity contribution in [2.75, 3.05) is 13.7 Å². The Hall–Kier alpha value is -1.80. The van der Waals surface area contributed by atoms with Crippen LogP contribution >= 0.6 is 0 Å². The van der Waals surface area contributed by atoms with Gasteiger partial charge in [-0.05, 0) is 32.2 Å². The summed E-state index contributed by atoms with van der Waals surface area (Å²) in [6.07, 6.45) is 3.92. The molecular weight excluding hydrogens is 246 g/mol. The summed E-state index contributed by atoms with van der Waals surface area (Å²) >= 11 is 0. The second-order valence-corrected chi connectivity index (χ2v) is 4.99. The molecule has 2 nitrogen and oxygen atoms in total. The Balaban J connectivity index is 2.36. The summed E-state index contributed by atoms with van der Waals surface area (Å²) in [5, 5.41) is 5.70. The average Bonchev–Trinajstić information content (AvgIpc) is 2.50. The molecule has 1 atom stereocenters. The van der Waals surface area contributed by atoms with E-state index in [1.807, 2.05) is 13.1 Å². The van der Waals surface area contributed by atoms with Crippen LogP contribution in [0.25, 0.3) is 10.8 Å². The second kappa shape index (κ2) is 7.11. The van der Waals surface area contributed by atoms with Gasteiger partial charge in [0.2, 0.25) is 0 Å². The maximum absolute atomic E-state index is 6.09. The van der Waals surface area contributed by atoms with Gasteiger partial charge in [0.25, 0.3) is 0 Å². The minimum absolute atomic E-state index is 0.272. The van der Waals surface area contributed by atoms with Gasteiger partial charge in [-0.3, -0.25) is 0 Å². The lowest BCUT2D eigenvalue weighted by atomic mass is 10.0. The quantitative estimate of drug-likeness (QED) is 0.591. The molecule has 0 heterocycles. The van der Waals surface area contributed by atoms with Crippen molar-refractivity contribution in [1.29, 1.82) is 0 Å². The maximum Gasteiger partial charge on any atom is 0.131 e. The van der Waals surface area contributed by atoms with Crippen LogP contribution < -0.4 is 10.1 Å². The van der Waals surface area contributed by atoms with E-state index in [1.54, 1.807) is 0 Å². The summed E-state index contributed by atoms with van der Waals surface area (Å²) in [5.41, 5.74) is 1.21. The molecule has 106 valence electrons. The van der Waals surface area contributed by atoms with Crippen LogP contribution in [-0.4, -0.2) is 13.7 Å². The molecule has 0 aromatic heterocycles. The second-order valence-electron chi connectivity index (χ2n) is 4.99. The number of unbranched alkanes of at least 4 members (excludes halogenated alkanes) is 1. The molecule has 0 saturated carbocycles. The predicted octanol–water partition coefficient (Wildman–Crippen LogP) is 4.47. The van der Waals surface area contributed by atoms with E-state index in [2.05, 4.69) is 55.2 Å². The standard InChI is InChI=1S/C18H23NO/c1-4-5-8-13-20-18-16(14(2)19-3)12-11-15-9-6-7-10-17(15)18/h4,6-7,9-12,14,19H,1,5,8,13H2,2-3H3. The highest BCUT2D eigenvalue weighted by molar-refractivity contribution is 5.89. The zero-order valence-corrected chi connectivity index (χ0v) is 12.4. The van der Waals surface area contributed by atoms with Crippen molar-refractivity contribution in [2.24, 2.45) is 0 Å². The highest BCUT2D eigenvalue weighted by Gasteiger charge is 2.13. The first-order valence-electron chi connectivity index (χ1n) is 7.20. The highest BCUT2D eigenvalue weighted by Crippen LogP contribution is 2.33. The number of fused-ring (bicyclic) bond motifs is 1. The average molecular weight is 269 g/mol. The molecule has 0 fully saturated rings. The molecule has 0 aliphatic heterocycles. The topological polar surface area (TPSA) is 21.3 Å². The number of benzene rings is 2. The number of ether oxygens (including phenoxy) is 1. The zero-order chi connectivity index (χ0) is 14.4. The van der Waals surface area contributed by atoms with Crippen LogP contribution in [0.15, 0.2) is 49.1 Å². The molecular formula is C18H23NO.